The molecule has 0 aromatic heterocycles. The van der Waals surface area contributed by atoms with Gasteiger partial charge in [-0.2, -0.15) is 0 Å². The summed E-state index contributed by atoms with van der Waals surface area (Å²) < 4.78 is 17.2. The molecule has 0 bridgehead atoms. The Balaban J connectivity index is 1.72. The number of carbonyl (C=O) groups excluding carboxylic acids is 2. The summed E-state index contributed by atoms with van der Waals surface area (Å²) in [4.78, 5) is 23.8. The lowest BCUT2D eigenvalue weighted by Crippen LogP contribution is -2.22. The molecule has 0 fully saturated rings. The normalized spacial score (nSPS) is 14.1. The van der Waals surface area contributed by atoms with E-state index in [1.165, 1.54) is 11.6 Å². The Labute approximate surface area is 198 Å². The highest BCUT2D eigenvalue weighted by molar-refractivity contribution is 14.1. The maximum Gasteiger partial charge on any atom is 0.412 e. The number of hydrogen-bond acceptors (Lipinski definition) is 7. The molecule has 0 spiro atoms. The average molecular weight is 554 g/mol. The fourth-order valence-electron chi connectivity index (χ4n) is 3.21. The molecule has 10 heteroatoms. The summed E-state index contributed by atoms with van der Waals surface area (Å²) in [5, 5.41) is 21.6. The molecule has 0 saturated carbocycles. The van der Waals surface area contributed by atoms with Crippen LogP contribution in [0.15, 0.2) is 48.6 Å². The third-order valence-corrected chi connectivity index (χ3v) is 5.50. The maximum absolute atomic E-state index is 12.7. The van der Waals surface area contributed by atoms with Gasteiger partial charge in [0.15, 0.2) is 11.5 Å². The van der Waals surface area contributed by atoms with Crippen LogP contribution in [0.2, 0.25) is 0 Å². The highest BCUT2D eigenvalue weighted by Crippen LogP contribution is 2.37. The van der Waals surface area contributed by atoms with Gasteiger partial charge in [-0.15, -0.1) is 0 Å². The SMILES string of the molecule is C[C@H](CC/C=C/C(=O)NO)[C@@H](OC(=O)Nc1ccc2c(c1)OCO2)c1cc(I)ccc1O. The van der Waals surface area contributed by atoms with Crippen LogP contribution in [0.3, 0.4) is 0 Å². The van der Waals surface area contributed by atoms with Crippen molar-refractivity contribution < 1.29 is 34.1 Å². The van der Waals surface area contributed by atoms with Gasteiger partial charge in [0.1, 0.15) is 11.9 Å². The molecule has 2 aromatic rings. The van der Waals surface area contributed by atoms with Gasteiger partial charge >= 0.3 is 6.09 Å². The molecule has 1 heterocycles. The van der Waals surface area contributed by atoms with E-state index in [4.69, 9.17) is 19.4 Å². The molecule has 32 heavy (non-hydrogen) atoms. The van der Waals surface area contributed by atoms with Gasteiger partial charge in [-0.3, -0.25) is 15.3 Å². The first kappa shape index (κ1) is 23.7. The number of amides is 2. The number of phenolic OH excluding ortho intramolecular Hbond substituents is 1. The second-order valence-electron chi connectivity index (χ2n) is 7.16. The lowest BCUT2D eigenvalue weighted by Gasteiger charge is -2.25. The molecule has 1 aliphatic rings. The molecule has 1 aliphatic heterocycles. The van der Waals surface area contributed by atoms with Gasteiger partial charge in [-0.1, -0.05) is 13.0 Å². The molecule has 0 radical (unpaired) electrons. The van der Waals surface area contributed by atoms with Crippen LogP contribution in [0.1, 0.15) is 31.4 Å². The Morgan fingerprint density at radius 2 is 2.00 bits per heavy atom. The summed E-state index contributed by atoms with van der Waals surface area (Å²) in [6, 6.07) is 10.1. The molecular formula is C22H23IN2O7. The number of aromatic hydroxyl groups is 1. The molecule has 170 valence electrons. The number of fused-ring (bicyclic) bond motifs is 1. The summed E-state index contributed by atoms with van der Waals surface area (Å²) >= 11 is 2.12. The quantitative estimate of drug-likeness (QED) is 0.164. The molecule has 2 amide bonds. The van der Waals surface area contributed by atoms with Crippen molar-refractivity contribution in [3.63, 3.8) is 0 Å². The molecule has 0 unspecified atom stereocenters. The summed E-state index contributed by atoms with van der Waals surface area (Å²) in [7, 11) is 0. The zero-order valence-electron chi connectivity index (χ0n) is 17.2. The van der Waals surface area contributed by atoms with E-state index >= 15 is 0 Å². The van der Waals surface area contributed by atoms with Crippen molar-refractivity contribution in [2.24, 2.45) is 5.92 Å². The van der Waals surface area contributed by atoms with E-state index < -0.39 is 18.1 Å². The number of hydroxylamine groups is 1. The van der Waals surface area contributed by atoms with Gasteiger partial charge in [0.25, 0.3) is 5.91 Å². The first-order valence-corrected chi connectivity index (χ1v) is 10.9. The number of ether oxygens (including phenoxy) is 3. The summed E-state index contributed by atoms with van der Waals surface area (Å²) in [6.45, 7) is 2.01. The molecule has 0 aliphatic carbocycles. The molecular weight excluding hydrogens is 531 g/mol. The monoisotopic (exact) mass is 554 g/mol. The lowest BCUT2D eigenvalue weighted by atomic mass is 9.92. The first-order chi connectivity index (χ1) is 15.4. The van der Waals surface area contributed by atoms with Crippen LogP contribution < -0.4 is 20.3 Å². The van der Waals surface area contributed by atoms with Crippen LogP contribution in [-0.2, 0) is 9.53 Å². The molecule has 0 saturated heterocycles. The van der Waals surface area contributed by atoms with Crippen molar-refractivity contribution in [2.45, 2.75) is 25.9 Å². The fourth-order valence-corrected chi connectivity index (χ4v) is 3.73. The number of nitrogens with one attached hydrogen (secondary N) is 2. The van der Waals surface area contributed by atoms with E-state index in [-0.39, 0.29) is 18.5 Å². The van der Waals surface area contributed by atoms with E-state index in [0.717, 1.165) is 3.57 Å². The van der Waals surface area contributed by atoms with E-state index in [0.29, 0.717) is 35.6 Å². The molecule has 3 rings (SSSR count). The zero-order valence-corrected chi connectivity index (χ0v) is 19.4. The van der Waals surface area contributed by atoms with Crippen molar-refractivity contribution in [1.29, 1.82) is 0 Å². The van der Waals surface area contributed by atoms with Crippen LogP contribution in [0.5, 0.6) is 17.2 Å². The molecule has 9 nitrogen and oxygen atoms in total. The minimum atomic E-state index is -0.737. The summed E-state index contributed by atoms with van der Waals surface area (Å²) in [5.41, 5.74) is 2.50. The van der Waals surface area contributed by atoms with Crippen LogP contribution in [0, 0.1) is 9.49 Å². The smallest absolute Gasteiger partial charge is 0.412 e. The van der Waals surface area contributed by atoms with E-state index in [2.05, 4.69) is 27.9 Å². The molecule has 2 aromatic carbocycles. The van der Waals surface area contributed by atoms with Gasteiger partial charge in [0, 0.05) is 27.0 Å². The Bertz CT molecular complexity index is 1010. The van der Waals surface area contributed by atoms with E-state index in [1.54, 1.807) is 42.5 Å². The third kappa shape index (κ3) is 6.26. The average Bonchev–Trinajstić information content (AvgIpc) is 3.24. The van der Waals surface area contributed by atoms with Crippen molar-refractivity contribution in [1.82, 2.24) is 5.48 Å². The van der Waals surface area contributed by atoms with Crippen molar-refractivity contribution in [2.75, 3.05) is 12.1 Å². The Hall–Kier alpha value is -2.99. The topological polar surface area (TPSA) is 126 Å². The zero-order chi connectivity index (χ0) is 23.1. The van der Waals surface area contributed by atoms with E-state index in [9.17, 15) is 14.7 Å². The number of benzene rings is 2. The number of carbonyl (C=O) groups is 2. The molecule has 2 atom stereocenters. The van der Waals surface area contributed by atoms with Crippen LogP contribution in [0.4, 0.5) is 10.5 Å². The van der Waals surface area contributed by atoms with Gasteiger partial charge < -0.3 is 19.3 Å². The van der Waals surface area contributed by atoms with Crippen molar-refractivity contribution in [3.05, 3.63) is 57.7 Å². The Morgan fingerprint density at radius 1 is 1.22 bits per heavy atom. The second-order valence-corrected chi connectivity index (χ2v) is 8.40. The van der Waals surface area contributed by atoms with Gasteiger partial charge in [0.05, 0.1) is 0 Å². The largest absolute Gasteiger partial charge is 0.508 e. The van der Waals surface area contributed by atoms with E-state index in [1.807, 2.05) is 6.92 Å². The van der Waals surface area contributed by atoms with Crippen LogP contribution in [0.25, 0.3) is 0 Å². The van der Waals surface area contributed by atoms with Crippen LogP contribution >= 0.6 is 22.6 Å². The maximum atomic E-state index is 12.7. The highest BCUT2D eigenvalue weighted by atomic mass is 127. The van der Waals surface area contributed by atoms with Crippen molar-refractivity contribution in [3.8, 4) is 17.2 Å². The fraction of sp³-hybridized carbons (Fsp3) is 0.273. The first-order valence-electron chi connectivity index (χ1n) is 9.83. The third-order valence-electron chi connectivity index (χ3n) is 4.83. The number of halogens is 1. The number of rotatable bonds is 8. The standard InChI is InChI=1S/C22H23IN2O7/c1-13(4-2-3-5-20(27)25-29)21(16-10-14(23)6-8-17(16)26)32-22(28)24-15-7-9-18-19(11-15)31-12-30-18/h3,5-11,13,21,26,29H,2,4,12H2,1H3,(H,24,28)(H,25,27)/b5-3+/t13-,21-/m1/s1. The minimum Gasteiger partial charge on any atom is -0.508 e. The Kier molecular flexibility index (Phi) is 8.17. The number of anilines is 1. The number of hydrogen-bond donors (Lipinski definition) is 4. The summed E-state index contributed by atoms with van der Waals surface area (Å²) in [5.74, 6) is 0.337. The predicted molar refractivity (Wildman–Crippen MR) is 124 cm³/mol. The highest BCUT2D eigenvalue weighted by Gasteiger charge is 2.26. The van der Waals surface area contributed by atoms with Gasteiger partial charge in [-0.25, -0.2) is 10.3 Å². The van der Waals surface area contributed by atoms with Gasteiger partial charge in [-0.05, 0) is 71.7 Å². The van der Waals surface area contributed by atoms with Crippen molar-refractivity contribution >= 4 is 40.3 Å². The summed E-state index contributed by atoms with van der Waals surface area (Å²) in [6.07, 6.45) is 2.47. The number of phenols is 1. The van der Waals surface area contributed by atoms with Crippen LogP contribution in [-0.4, -0.2) is 29.1 Å². The Morgan fingerprint density at radius 3 is 2.78 bits per heavy atom. The lowest BCUT2D eigenvalue weighted by molar-refractivity contribution is -0.124. The number of allylic oxidation sites excluding steroid dienone is 1. The minimum absolute atomic E-state index is 0.0216. The predicted octanol–water partition coefficient (Wildman–Crippen LogP) is 4.49. The second kappa shape index (κ2) is 11.0. The molecule has 4 N–H and O–H groups in total. The van der Waals surface area contributed by atoms with Gasteiger partial charge in [0.2, 0.25) is 6.79 Å².